The molecule has 0 aliphatic carbocycles. The average Bonchev–Trinajstić information content (AvgIpc) is 2.49. The maximum atomic E-state index is 6.40. The van der Waals surface area contributed by atoms with Crippen molar-refractivity contribution in [3.8, 4) is 5.75 Å². The predicted octanol–water partition coefficient (Wildman–Crippen LogP) is 6.34. The quantitative estimate of drug-likeness (QED) is 0.569. The van der Waals surface area contributed by atoms with Gasteiger partial charge in [-0.25, -0.2) is 0 Å². The largest absolute Gasteiger partial charge is 0.487 e. The Labute approximate surface area is 132 Å². The monoisotopic (exact) mass is 290 g/mol. The fraction of sp³-hybridized carbons (Fsp3) is 0.700. The lowest BCUT2D eigenvalue weighted by molar-refractivity contribution is 0.0785. The van der Waals surface area contributed by atoms with E-state index < -0.39 is 0 Å². The molecule has 0 aliphatic heterocycles. The Morgan fingerprint density at radius 3 is 1.57 bits per heavy atom. The molecule has 0 bridgehead atoms. The lowest BCUT2D eigenvalue weighted by Crippen LogP contribution is -2.31. The van der Waals surface area contributed by atoms with E-state index in [2.05, 4.69) is 67.5 Å². The van der Waals surface area contributed by atoms with Crippen LogP contribution in [0.2, 0.25) is 0 Å². The van der Waals surface area contributed by atoms with Crippen LogP contribution in [0.1, 0.15) is 83.9 Å². The summed E-state index contributed by atoms with van der Waals surface area (Å²) in [5.74, 6) is 1.08. The molecule has 0 N–H and O–H groups in total. The Morgan fingerprint density at radius 2 is 1.24 bits per heavy atom. The summed E-state index contributed by atoms with van der Waals surface area (Å²) in [6, 6.07) is 4.67. The minimum absolute atomic E-state index is 0.0597. The van der Waals surface area contributed by atoms with Crippen molar-refractivity contribution >= 4 is 0 Å². The van der Waals surface area contributed by atoms with E-state index in [1.165, 1.54) is 29.5 Å². The van der Waals surface area contributed by atoms with E-state index >= 15 is 0 Å². The summed E-state index contributed by atoms with van der Waals surface area (Å²) in [6.45, 7) is 17.9. The summed E-state index contributed by atoms with van der Waals surface area (Å²) in [7, 11) is 0. The van der Waals surface area contributed by atoms with Crippen LogP contribution >= 0.6 is 0 Å². The molecule has 0 unspecified atom stereocenters. The second-order valence-electron chi connectivity index (χ2n) is 6.97. The van der Waals surface area contributed by atoms with Gasteiger partial charge in [-0.05, 0) is 68.6 Å². The van der Waals surface area contributed by atoms with E-state index in [4.69, 9.17) is 4.74 Å². The molecule has 0 amide bonds. The van der Waals surface area contributed by atoms with Crippen LogP contribution in [0.25, 0.3) is 0 Å². The van der Waals surface area contributed by atoms with Gasteiger partial charge >= 0.3 is 0 Å². The van der Waals surface area contributed by atoms with Crippen LogP contribution in [-0.4, -0.2) is 5.60 Å². The molecule has 1 rings (SSSR count). The van der Waals surface area contributed by atoms with Gasteiger partial charge in [0.2, 0.25) is 0 Å². The normalized spacial score (nSPS) is 12.6. The molecule has 0 radical (unpaired) electrons. The predicted molar refractivity (Wildman–Crippen MR) is 93.5 cm³/mol. The third kappa shape index (κ3) is 3.81. The number of hydrogen-bond acceptors (Lipinski definition) is 1. The summed E-state index contributed by atoms with van der Waals surface area (Å²) < 4.78 is 6.40. The molecular formula is C20H34O. The zero-order chi connectivity index (χ0) is 16.3. The van der Waals surface area contributed by atoms with Crippen molar-refractivity contribution in [3.63, 3.8) is 0 Å². The molecule has 0 saturated heterocycles. The molecule has 0 aliphatic rings. The average molecular weight is 290 g/mol. The molecule has 1 aromatic carbocycles. The van der Waals surface area contributed by atoms with Crippen molar-refractivity contribution < 1.29 is 4.74 Å². The van der Waals surface area contributed by atoms with Gasteiger partial charge in [0.1, 0.15) is 11.4 Å². The van der Waals surface area contributed by atoms with Gasteiger partial charge in [0.25, 0.3) is 0 Å². The number of aryl methyl sites for hydroxylation is 2. The van der Waals surface area contributed by atoms with Gasteiger partial charge in [0.05, 0.1) is 0 Å². The fourth-order valence-corrected chi connectivity index (χ4v) is 2.76. The summed E-state index contributed by atoms with van der Waals surface area (Å²) >= 11 is 0. The van der Waals surface area contributed by atoms with Crippen LogP contribution in [0.5, 0.6) is 5.75 Å². The van der Waals surface area contributed by atoms with E-state index in [0.29, 0.717) is 0 Å². The lowest BCUT2D eigenvalue weighted by Gasteiger charge is -2.32. The topological polar surface area (TPSA) is 9.23 Å². The minimum Gasteiger partial charge on any atom is -0.487 e. The van der Waals surface area contributed by atoms with Crippen LogP contribution in [0.3, 0.4) is 0 Å². The molecule has 0 heterocycles. The molecule has 0 fully saturated rings. The third-order valence-corrected chi connectivity index (χ3v) is 5.56. The highest BCUT2D eigenvalue weighted by molar-refractivity contribution is 5.46. The molecule has 1 heteroatoms. The van der Waals surface area contributed by atoms with Crippen molar-refractivity contribution in [1.82, 2.24) is 0 Å². The van der Waals surface area contributed by atoms with Gasteiger partial charge in [-0.3, -0.25) is 0 Å². The number of ether oxygens (including phenoxy) is 1. The van der Waals surface area contributed by atoms with Crippen LogP contribution in [0.4, 0.5) is 0 Å². The number of hydrogen-bond donors (Lipinski definition) is 0. The van der Waals surface area contributed by atoms with Gasteiger partial charge in [-0.1, -0.05) is 46.8 Å². The van der Waals surface area contributed by atoms with Crippen LogP contribution in [-0.2, 0) is 5.41 Å². The summed E-state index contributed by atoms with van der Waals surface area (Å²) in [5, 5.41) is 0. The second kappa shape index (κ2) is 6.85. The molecule has 0 aromatic heterocycles. The summed E-state index contributed by atoms with van der Waals surface area (Å²) in [5.41, 5.74) is 4.20. The molecular weight excluding hydrogens is 256 g/mol. The molecule has 1 aromatic rings. The van der Waals surface area contributed by atoms with Gasteiger partial charge in [-0.15, -0.1) is 0 Å². The number of rotatable bonds is 7. The lowest BCUT2D eigenvalue weighted by atomic mass is 9.77. The van der Waals surface area contributed by atoms with Crippen molar-refractivity contribution in [2.75, 3.05) is 0 Å². The summed E-state index contributed by atoms with van der Waals surface area (Å²) in [4.78, 5) is 0. The van der Waals surface area contributed by atoms with Crippen LogP contribution < -0.4 is 4.74 Å². The molecule has 1 nitrogen and oxygen atoms in total. The van der Waals surface area contributed by atoms with E-state index in [-0.39, 0.29) is 11.0 Å². The van der Waals surface area contributed by atoms with Gasteiger partial charge in [-0.2, -0.15) is 0 Å². The van der Waals surface area contributed by atoms with Gasteiger partial charge in [0, 0.05) is 0 Å². The fourth-order valence-electron chi connectivity index (χ4n) is 2.76. The van der Waals surface area contributed by atoms with Gasteiger partial charge < -0.3 is 4.74 Å². The first kappa shape index (κ1) is 18.1. The maximum absolute atomic E-state index is 6.40. The number of benzene rings is 1. The third-order valence-electron chi connectivity index (χ3n) is 5.56. The van der Waals surface area contributed by atoms with Crippen LogP contribution in [0, 0.1) is 13.8 Å². The highest BCUT2D eigenvalue weighted by atomic mass is 16.5. The zero-order valence-corrected chi connectivity index (χ0v) is 15.4. The van der Waals surface area contributed by atoms with E-state index in [9.17, 15) is 0 Å². The van der Waals surface area contributed by atoms with Gasteiger partial charge in [0.15, 0.2) is 0 Å². The van der Waals surface area contributed by atoms with Crippen molar-refractivity contribution in [2.45, 2.75) is 92.1 Å². The smallest absolute Gasteiger partial charge is 0.125 e. The Morgan fingerprint density at radius 1 is 0.810 bits per heavy atom. The molecule has 21 heavy (non-hydrogen) atoms. The van der Waals surface area contributed by atoms with E-state index in [1.807, 2.05) is 0 Å². The van der Waals surface area contributed by atoms with E-state index in [0.717, 1.165) is 18.6 Å². The first-order valence-corrected chi connectivity index (χ1v) is 8.56. The SMILES string of the molecule is CCC(C)(CC)Oc1c(C)cc(C(C)(CC)CC)cc1C. The first-order chi connectivity index (χ1) is 9.75. The van der Waals surface area contributed by atoms with Crippen molar-refractivity contribution in [2.24, 2.45) is 0 Å². The minimum atomic E-state index is -0.0597. The first-order valence-electron chi connectivity index (χ1n) is 8.56. The highest BCUT2D eigenvalue weighted by Gasteiger charge is 2.26. The molecule has 0 saturated carbocycles. The Kier molecular flexibility index (Phi) is 5.90. The van der Waals surface area contributed by atoms with E-state index in [1.54, 1.807) is 0 Å². The zero-order valence-electron chi connectivity index (χ0n) is 15.4. The Bertz CT molecular complexity index is 442. The van der Waals surface area contributed by atoms with Crippen molar-refractivity contribution in [1.29, 1.82) is 0 Å². The Balaban J connectivity index is 3.23. The maximum Gasteiger partial charge on any atom is 0.125 e. The molecule has 0 spiro atoms. The standard InChI is InChI=1S/C20H34O/c1-9-19(7,10-2)17-13-15(5)18(16(6)14-17)21-20(8,11-3)12-4/h13-14H,9-12H2,1-8H3. The molecule has 0 atom stereocenters. The Hall–Kier alpha value is -0.980. The second-order valence-corrected chi connectivity index (χ2v) is 6.97. The van der Waals surface area contributed by atoms with Crippen molar-refractivity contribution in [3.05, 3.63) is 28.8 Å². The highest BCUT2D eigenvalue weighted by Crippen LogP contribution is 2.37. The molecule has 120 valence electrons. The summed E-state index contributed by atoms with van der Waals surface area (Å²) in [6.07, 6.45) is 4.41. The van der Waals surface area contributed by atoms with Crippen LogP contribution in [0.15, 0.2) is 12.1 Å².